The van der Waals surface area contributed by atoms with Crippen molar-refractivity contribution in [1.82, 2.24) is 25.0 Å². The zero-order chi connectivity index (χ0) is 21.0. The fraction of sp³-hybridized carbons (Fsp3) is 0. The predicted molar refractivity (Wildman–Crippen MR) is 119 cm³/mol. The van der Waals surface area contributed by atoms with E-state index >= 15 is 0 Å². The molecule has 0 unspecified atom stereocenters. The van der Waals surface area contributed by atoms with Gasteiger partial charge in [-0.25, -0.2) is 9.67 Å². The van der Waals surface area contributed by atoms with Crippen molar-refractivity contribution in [2.75, 3.05) is 10.6 Å². The Balaban J connectivity index is 1.24. The molecule has 0 bridgehead atoms. The molecule has 0 aliphatic heterocycles. The van der Waals surface area contributed by atoms with Gasteiger partial charge in [0.05, 0.1) is 5.52 Å². The largest absolute Gasteiger partial charge is 0.339 e. The molecular formula is C23H17N7O. The lowest BCUT2D eigenvalue weighted by Crippen LogP contribution is -2.13. The second-order valence-electron chi connectivity index (χ2n) is 6.77. The number of carbonyl (C=O) groups excluding carboxylic acids is 1. The first-order valence-electron chi connectivity index (χ1n) is 9.63. The van der Waals surface area contributed by atoms with Crippen molar-refractivity contribution in [1.29, 1.82) is 0 Å². The van der Waals surface area contributed by atoms with Gasteiger partial charge < -0.3 is 10.6 Å². The summed E-state index contributed by atoms with van der Waals surface area (Å²) in [6.45, 7) is 0. The Kier molecular flexibility index (Phi) is 4.78. The Morgan fingerprint density at radius 1 is 0.806 bits per heavy atom. The number of hydrogen-bond donors (Lipinski definition) is 2. The van der Waals surface area contributed by atoms with Gasteiger partial charge in [0.15, 0.2) is 11.6 Å². The molecule has 2 aromatic carbocycles. The molecule has 0 spiro atoms. The second kappa shape index (κ2) is 8.03. The number of fused-ring (bicyclic) bond motifs is 1. The normalized spacial score (nSPS) is 10.7. The van der Waals surface area contributed by atoms with Crippen LogP contribution in [0.5, 0.6) is 0 Å². The molecule has 5 aromatic rings. The lowest BCUT2D eigenvalue weighted by molar-refractivity contribution is 0.102. The molecule has 150 valence electrons. The van der Waals surface area contributed by atoms with Crippen molar-refractivity contribution >= 4 is 34.0 Å². The van der Waals surface area contributed by atoms with Gasteiger partial charge in [-0.2, -0.15) is 5.10 Å². The van der Waals surface area contributed by atoms with E-state index in [4.69, 9.17) is 0 Å². The second-order valence-corrected chi connectivity index (χ2v) is 6.77. The first-order chi connectivity index (χ1) is 15.2. The topological polar surface area (TPSA) is 97.6 Å². The molecule has 5 rings (SSSR count). The average Bonchev–Trinajstić information content (AvgIpc) is 3.35. The molecule has 0 radical (unpaired) electrons. The maximum Gasteiger partial charge on any atom is 0.274 e. The number of rotatable bonds is 5. The van der Waals surface area contributed by atoms with E-state index in [0.717, 1.165) is 16.6 Å². The fourth-order valence-electron chi connectivity index (χ4n) is 3.09. The minimum absolute atomic E-state index is 0.258. The van der Waals surface area contributed by atoms with E-state index in [1.54, 1.807) is 23.1 Å². The maximum atomic E-state index is 12.5. The minimum atomic E-state index is -0.258. The quantitative estimate of drug-likeness (QED) is 0.453. The van der Waals surface area contributed by atoms with Gasteiger partial charge in [-0.3, -0.25) is 4.79 Å². The third-order valence-electron chi connectivity index (χ3n) is 4.64. The molecule has 0 atom stereocenters. The van der Waals surface area contributed by atoms with Crippen LogP contribution in [0.3, 0.4) is 0 Å². The molecule has 8 heteroatoms. The number of para-hydroxylation sites is 1. The van der Waals surface area contributed by atoms with Crippen molar-refractivity contribution in [3.05, 3.63) is 97.0 Å². The lowest BCUT2D eigenvalue weighted by Gasteiger charge is -2.08. The number of benzene rings is 2. The molecule has 31 heavy (non-hydrogen) atoms. The predicted octanol–water partition coefficient (Wildman–Crippen LogP) is 4.21. The molecule has 0 saturated carbocycles. The van der Waals surface area contributed by atoms with E-state index in [-0.39, 0.29) is 5.91 Å². The molecule has 1 amide bonds. The van der Waals surface area contributed by atoms with E-state index in [1.807, 2.05) is 72.8 Å². The number of nitrogens with zero attached hydrogens (tertiary/aromatic N) is 5. The van der Waals surface area contributed by atoms with Crippen LogP contribution in [0, 0.1) is 0 Å². The van der Waals surface area contributed by atoms with Gasteiger partial charge >= 0.3 is 0 Å². The van der Waals surface area contributed by atoms with Gasteiger partial charge in [0.25, 0.3) is 5.91 Å². The molecule has 0 saturated heterocycles. The molecule has 0 aliphatic rings. The number of hydrogen-bond acceptors (Lipinski definition) is 6. The van der Waals surface area contributed by atoms with Crippen LogP contribution in [0.2, 0.25) is 0 Å². The van der Waals surface area contributed by atoms with Crippen LogP contribution in [-0.4, -0.2) is 30.9 Å². The Morgan fingerprint density at radius 3 is 2.42 bits per heavy atom. The summed E-state index contributed by atoms with van der Waals surface area (Å²) in [4.78, 5) is 17.0. The van der Waals surface area contributed by atoms with Crippen LogP contribution in [0.1, 0.15) is 10.5 Å². The summed E-state index contributed by atoms with van der Waals surface area (Å²) >= 11 is 0. The monoisotopic (exact) mass is 407 g/mol. The van der Waals surface area contributed by atoms with Crippen LogP contribution in [0.4, 0.5) is 17.2 Å². The third kappa shape index (κ3) is 4.08. The van der Waals surface area contributed by atoms with Crippen molar-refractivity contribution in [3.8, 4) is 5.82 Å². The molecule has 8 nitrogen and oxygen atoms in total. The maximum absolute atomic E-state index is 12.5. The van der Waals surface area contributed by atoms with Crippen LogP contribution < -0.4 is 10.6 Å². The van der Waals surface area contributed by atoms with Crippen molar-refractivity contribution in [2.45, 2.75) is 0 Å². The summed E-state index contributed by atoms with van der Waals surface area (Å²) in [7, 11) is 0. The van der Waals surface area contributed by atoms with Gasteiger partial charge in [0.1, 0.15) is 5.69 Å². The van der Waals surface area contributed by atoms with Crippen molar-refractivity contribution < 1.29 is 4.79 Å². The standard InChI is InChI=1S/C23H17N7O/c31-23(20-11-6-16-4-1-2-5-19(16)27-20)26-18-9-7-17(8-10-18)25-21-12-13-22(29-28-21)30-15-3-14-24-30/h1-15H,(H,25,28)(H,26,31). The summed E-state index contributed by atoms with van der Waals surface area (Å²) < 4.78 is 1.64. The van der Waals surface area contributed by atoms with E-state index < -0.39 is 0 Å². The molecule has 2 N–H and O–H groups in total. The van der Waals surface area contributed by atoms with Crippen LogP contribution in [-0.2, 0) is 0 Å². The van der Waals surface area contributed by atoms with Crippen molar-refractivity contribution in [2.24, 2.45) is 0 Å². The van der Waals surface area contributed by atoms with E-state index in [2.05, 4.69) is 30.9 Å². The van der Waals surface area contributed by atoms with E-state index in [0.29, 0.717) is 23.0 Å². The zero-order valence-corrected chi connectivity index (χ0v) is 16.3. The van der Waals surface area contributed by atoms with Gasteiger partial charge in [-0.1, -0.05) is 24.3 Å². The number of aromatic nitrogens is 5. The van der Waals surface area contributed by atoms with Crippen molar-refractivity contribution in [3.63, 3.8) is 0 Å². The van der Waals surface area contributed by atoms with Gasteiger partial charge in [0.2, 0.25) is 0 Å². The number of pyridine rings is 1. The third-order valence-corrected chi connectivity index (χ3v) is 4.64. The summed E-state index contributed by atoms with van der Waals surface area (Å²) in [5.74, 6) is 0.982. The van der Waals surface area contributed by atoms with Gasteiger partial charge in [-0.15, -0.1) is 10.2 Å². The first-order valence-corrected chi connectivity index (χ1v) is 9.63. The van der Waals surface area contributed by atoms with E-state index in [1.165, 1.54) is 0 Å². The molecule has 3 heterocycles. The number of amides is 1. The molecular weight excluding hydrogens is 390 g/mol. The molecule has 0 aliphatic carbocycles. The average molecular weight is 407 g/mol. The number of anilines is 3. The number of nitrogens with one attached hydrogen (secondary N) is 2. The lowest BCUT2D eigenvalue weighted by atomic mass is 10.2. The van der Waals surface area contributed by atoms with Crippen LogP contribution in [0.15, 0.2) is 91.3 Å². The Morgan fingerprint density at radius 2 is 1.65 bits per heavy atom. The number of carbonyl (C=O) groups is 1. The Bertz CT molecular complexity index is 1330. The fourth-order valence-corrected chi connectivity index (χ4v) is 3.09. The Labute approximate surface area is 177 Å². The molecule has 0 fully saturated rings. The molecule has 3 aromatic heterocycles. The summed E-state index contributed by atoms with van der Waals surface area (Å²) in [6.07, 6.45) is 3.49. The SMILES string of the molecule is O=C(Nc1ccc(Nc2ccc(-n3cccn3)nn2)cc1)c1ccc2ccccc2n1. The first kappa shape index (κ1) is 18.4. The smallest absolute Gasteiger partial charge is 0.274 e. The van der Waals surface area contributed by atoms with Gasteiger partial charge in [-0.05, 0) is 54.6 Å². The van der Waals surface area contributed by atoms with Gasteiger partial charge in [0, 0.05) is 29.2 Å². The van der Waals surface area contributed by atoms with E-state index in [9.17, 15) is 4.79 Å². The highest BCUT2D eigenvalue weighted by atomic mass is 16.1. The highest BCUT2D eigenvalue weighted by Gasteiger charge is 2.09. The minimum Gasteiger partial charge on any atom is -0.339 e. The highest BCUT2D eigenvalue weighted by Crippen LogP contribution is 2.19. The van der Waals surface area contributed by atoms with Crippen LogP contribution in [0.25, 0.3) is 16.7 Å². The van der Waals surface area contributed by atoms with Crippen LogP contribution >= 0.6 is 0 Å². The summed E-state index contributed by atoms with van der Waals surface area (Å²) in [5, 5.41) is 19.5. The summed E-state index contributed by atoms with van der Waals surface area (Å²) in [5.41, 5.74) is 2.65. The summed E-state index contributed by atoms with van der Waals surface area (Å²) in [6, 6.07) is 24.1. The Hall–Kier alpha value is -4.59. The highest BCUT2D eigenvalue weighted by molar-refractivity contribution is 6.04. The zero-order valence-electron chi connectivity index (χ0n) is 16.3.